The van der Waals surface area contributed by atoms with Gasteiger partial charge in [-0.05, 0) is 6.42 Å². The number of rotatable bonds is 6. The van der Waals surface area contributed by atoms with Gasteiger partial charge >= 0.3 is 0 Å². The fraction of sp³-hybridized carbons (Fsp3) is 1.00. The molecule has 0 aromatic heterocycles. The molecule has 8 N–H and O–H groups in total. The summed E-state index contributed by atoms with van der Waals surface area (Å²) >= 11 is 0. The highest BCUT2D eigenvalue weighted by Crippen LogP contribution is 2.96. The summed E-state index contributed by atoms with van der Waals surface area (Å²) < 4.78 is 16.6. The number of hydrogen-bond acceptors (Lipinski definition) is 11. The summed E-state index contributed by atoms with van der Waals surface area (Å²) in [4.78, 5) is 0. The lowest BCUT2D eigenvalue weighted by Crippen LogP contribution is -2.71. The van der Waals surface area contributed by atoms with Crippen molar-refractivity contribution in [2.75, 3.05) is 19.8 Å². The van der Waals surface area contributed by atoms with Crippen LogP contribution in [0, 0.1) is 5.41 Å². The first-order chi connectivity index (χ1) is 12.1. The predicted molar refractivity (Wildman–Crippen MR) is 78.2 cm³/mol. The minimum absolute atomic E-state index is 0.110. The summed E-state index contributed by atoms with van der Waals surface area (Å²) in [5.74, 6) is -4.20. The minimum Gasteiger partial charge on any atom is -0.394 e. The summed E-state index contributed by atoms with van der Waals surface area (Å²) in [7, 11) is 0. The van der Waals surface area contributed by atoms with Crippen LogP contribution in [0.2, 0.25) is 0 Å². The van der Waals surface area contributed by atoms with Gasteiger partial charge in [-0.15, -0.1) is 0 Å². The second-order valence-corrected chi connectivity index (χ2v) is 7.48. The van der Waals surface area contributed by atoms with Gasteiger partial charge in [0.05, 0.1) is 18.6 Å². The van der Waals surface area contributed by atoms with Gasteiger partial charge in [0.2, 0.25) is 11.6 Å². The molecule has 0 radical (unpaired) electrons. The molecule has 4 rings (SSSR count). The summed E-state index contributed by atoms with van der Waals surface area (Å²) in [6, 6.07) is 0. The number of aliphatic hydroxyl groups is 8. The first-order valence-corrected chi connectivity index (χ1v) is 8.52. The van der Waals surface area contributed by atoms with E-state index in [0.29, 0.717) is 0 Å². The van der Waals surface area contributed by atoms with Crippen molar-refractivity contribution in [2.24, 2.45) is 5.41 Å². The van der Waals surface area contributed by atoms with Gasteiger partial charge in [0.1, 0.15) is 42.7 Å². The summed E-state index contributed by atoms with van der Waals surface area (Å²) in [6.45, 7) is -0.677. The van der Waals surface area contributed by atoms with E-state index in [0.717, 1.165) is 0 Å². The molecule has 11 nitrogen and oxygen atoms in total. The van der Waals surface area contributed by atoms with Crippen LogP contribution >= 0.6 is 0 Å². The van der Waals surface area contributed by atoms with Crippen molar-refractivity contribution in [3.05, 3.63) is 0 Å². The highest BCUT2D eigenvalue weighted by molar-refractivity contribution is 5.63. The second kappa shape index (κ2) is 5.13. The van der Waals surface area contributed by atoms with Crippen LogP contribution in [0.3, 0.4) is 0 Å². The van der Waals surface area contributed by atoms with Crippen molar-refractivity contribution in [3.63, 3.8) is 0 Å². The Morgan fingerprint density at radius 1 is 0.923 bits per heavy atom. The zero-order chi connectivity index (χ0) is 19.3. The Morgan fingerprint density at radius 2 is 1.54 bits per heavy atom. The number of fused-ring (bicyclic) bond motifs is 2. The van der Waals surface area contributed by atoms with Crippen LogP contribution < -0.4 is 0 Å². The summed E-state index contributed by atoms with van der Waals surface area (Å²) in [5, 5.41) is 80.6. The fourth-order valence-corrected chi connectivity index (χ4v) is 5.38. The molecule has 11 heteroatoms. The van der Waals surface area contributed by atoms with E-state index < -0.39 is 78.5 Å². The second-order valence-electron chi connectivity index (χ2n) is 7.48. The monoisotopic (exact) mass is 380 g/mol. The topological polar surface area (TPSA) is 190 Å². The molecule has 2 aliphatic carbocycles. The van der Waals surface area contributed by atoms with Gasteiger partial charge < -0.3 is 55.1 Å². The molecular formula is C15H24O11. The number of hydrogen-bond donors (Lipinski definition) is 8. The zero-order valence-electron chi connectivity index (χ0n) is 14.0. The van der Waals surface area contributed by atoms with Crippen LogP contribution in [0.5, 0.6) is 0 Å². The zero-order valence-corrected chi connectivity index (χ0v) is 14.0. The molecule has 4 fully saturated rings. The molecule has 2 saturated carbocycles. The molecule has 0 bridgehead atoms. The van der Waals surface area contributed by atoms with Crippen LogP contribution in [0.4, 0.5) is 0 Å². The lowest BCUT2D eigenvalue weighted by molar-refractivity contribution is -0.431. The van der Waals surface area contributed by atoms with E-state index in [1.54, 1.807) is 6.92 Å². The number of aliphatic hydroxyl groups excluding tert-OH is 6. The maximum Gasteiger partial charge on any atom is 0.224 e. The maximum absolute atomic E-state index is 10.9. The van der Waals surface area contributed by atoms with Gasteiger partial charge in [-0.25, -0.2) is 0 Å². The maximum atomic E-state index is 10.9. The third-order valence-corrected chi connectivity index (χ3v) is 6.76. The van der Waals surface area contributed by atoms with Gasteiger partial charge in [-0.2, -0.15) is 0 Å². The van der Waals surface area contributed by atoms with E-state index in [1.165, 1.54) is 0 Å². The molecular weight excluding hydrogens is 356 g/mol. The van der Waals surface area contributed by atoms with E-state index in [-0.39, 0.29) is 6.42 Å². The van der Waals surface area contributed by atoms with E-state index in [9.17, 15) is 40.9 Å². The van der Waals surface area contributed by atoms with E-state index in [1.807, 2.05) is 0 Å². The average molecular weight is 380 g/mol. The van der Waals surface area contributed by atoms with Gasteiger partial charge in [-0.3, -0.25) is 0 Å². The van der Waals surface area contributed by atoms with Crippen molar-refractivity contribution in [3.8, 4) is 0 Å². The summed E-state index contributed by atoms with van der Waals surface area (Å²) in [5.41, 5.74) is -5.48. The molecule has 2 heterocycles. The smallest absolute Gasteiger partial charge is 0.224 e. The fourth-order valence-electron chi connectivity index (χ4n) is 5.38. The molecule has 2 saturated heterocycles. The normalized spacial score (nSPS) is 62.9. The van der Waals surface area contributed by atoms with Crippen LogP contribution in [0.1, 0.15) is 13.3 Å². The standard InChI is InChI=1S/C15H24O11/c1-2-12-13(22)9(20)7(4-17)25-15(12,14(12,13)23)26-11(5-18)10(21)8(19)6(3-16)24-11/h6-10,16-23H,2-5H2,1H3/t6-,7-,8-,9-,10+,11?,12?,13-,14-,15+/m1/s1. The summed E-state index contributed by atoms with van der Waals surface area (Å²) in [6.07, 6.45) is -7.36. The van der Waals surface area contributed by atoms with E-state index in [4.69, 9.17) is 14.2 Å². The molecule has 2 unspecified atom stereocenters. The molecule has 0 aromatic carbocycles. The Balaban J connectivity index is 1.70. The van der Waals surface area contributed by atoms with Crippen molar-refractivity contribution in [1.29, 1.82) is 0 Å². The van der Waals surface area contributed by atoms with Crippen molar-refractivity contribution < 1.29 is 55.1 Å². The van der Waals surface area contributed by atoms with Gasteiger partial charge in [0.25, 0.3) is 0 Å². The van der Waals surface area contributed by atoms with Crippen molar-refractivity contribution in [1.82, 2.24) is 0 Å². The predicted octanol–water partition coefficient (Wildman–Crippen LogP) is -4.86. The Kier molecular flexibility index (Phi) is 3.73. The third kappa shape index (κ3) is 1.46. The highest BCUT2D eigenvalue weighted by Gasteiger charge is 3.20. The van der Waals surface area contributed by atoms with Crippen LogP contribution in [-0.4, -0.2) is 114 Å². The number of ether oxygens (including phenoxy) is 3. The molecule has 2 aliphatic heterocycles. The molecule has 4 aliphatic rings. The van der Waals surface area contributed by atoms with Crippen LogP contribution in [0.25, 0.3) is 0 Å². The quantitative estimate of drug-likeness (QED) is 0.220. The SMILES string of the molecule is CCC12[C@@]3(OC4(CO)O[C@H](CO)[C@@H](O)[C@@H]4O)O[C@H](CO)[C@@H](O)[C@]1(O)[C@]23O. The molecule has 10 atom stereocenters. The van der Waals surface area contributed by atoms with Gasteiger partial charge in [0, 0.05) is 0 Å². The Hall–Kier alpha value is -0.440. The molecule has 0 amide bonds. The first kappa shape index (κ1) is 18.9. The molecule has 26 heavy (non-hydrogen) atoms. The van der Waals surface area contributed by atoms with Crippen molar-refractivity contribution >= 4 is 0 Å². The Bertz CT molecular complexity index is 618. The lowest BCUT2D eigenvalue weighted by Gasteiger charge is -2.51. The molecule has 0 aromatic rings. The Labute approximate surface area is 148 Å². The molecule has 0 spiro atoms. The van der Waals surface area contributed by atoms with Gasteiger partial charge in [-0.1, -0.05) is 6.92 Å². The van der Waals surface area contributed by atoms with Crippen LogP contribution in [0.15, 0.2) is 0 Å². The largest absolute Gasteiger partial charge is 0.394 e. The van der Waals surface area contributed by atoms with E-state index >= 15 is 0 Å². The molecule has 150 valence electrons. The first-order valence-electron chi connectivity index (χ1n) is 8.52. The lowest BCUT2D eigenvalue weighted by atomic mass is 9.82. The Morgan fingerprint density at radius 3 is 1.96 bits per heavy atom. The minimum atomic E-state index is -2.23. The third-order valence-electron chi connectivity index (χ3n) is 6.76. The average Bonchev–Trinajstić information content (AvgIpc) is 3.29. The van der Waals surface area contributed by atoms with E-state index in [2.05, 4.69) is 0 Å². The van der Waals surface area contributed by atoms with Crippen LogP contribution in [-0.2, 0) is 14.2 Å². The highest BCUT2D eigenvalue weighted by atomic mass is 16.8. The van der Waals surface area contributed by atoms with Gasteiger partial charge in [0.15, 0.2) is 5.60 Å². The van der Waals surface area contributed by atoms with Crippen molar-refractivity contribution in [2.45, 2.75) is 66.6 Å².